The molecule has 1 saturated heterocycles. The fraction of sp³-hybridized carbons (Fsp3) is 0.714. The molecule has 3 amide bonds. The number of carbonyl (C=O) groups is 2. The van der Waals surface area contributed by atoms with Gasteiger partial charge < -0.3 is 30.3 Å². The van der Waals surface area contributed by atoms with Gasteiger partial charge in [-0.1, -0.05) is 44.2 Å². The Morgan fingerprint density at radius 2 is 1.90 bits per heavy atom. The summed E-state index contributed by atoms with van der Waals surface area (Å²) in [4.78, 5) is 26.5. The number of piperidine rings is 1. The van der Waals surface area contributed by atoms with Crippen LogP contribution >= 0.6 is 0 Å². The minimum absolute atomic E-state index is 0.0193. The number of urea groups is 1. The summed E-state index contributed by atoms with van der Waals surface area (Å²) in [7, 11) is 3.13. The number of methoxy groups -OCH3 is 1. The molecular formula is C28H43F3N4O4. The van der Waals surface area contributed by atoms with Crippen LogP contribution in [0.15, 0.2) is 24.3 Å². The van der Waals surface area contributed by atoms with Gasteiger partial charge in [0.1, 0.15) is 0 Å². The van der Waals surface area contributed by atoms with E-state index in [1.807, 2.05) is 7.05 Å². The molecule has 1 aliphatic carbocycles. The van der Waals surface area contributed by atoms with Crippen molar-refractivity contribution in [3.63, 3.8) is 0 Å². The summed E-state index contributed by atoms with van der Waals surface area (Å²) in [6.07, 6.45) is 2.76. The molecule has 2 fully saturated rings. The van der Waals surface area contributed by atoms with Crippen molar-refractivity contribution in [2.45, 2.75) is 69.7 Å². The lowest BCUT2D eigenvalue weighted by Gasteiger charge is -2.38. The molecule has 0 unspecified atom stereocenters. The fourth-order valence-corrected chi connectivity index (χ4v) is 5.78. The summed E-state index contributed by atoms with van der Waals surface area (Å²) in [5.74, 6) is 0.413. The number of hydrogen-bond acceptors (Lipinski definition) is 5. The zero-order chi connectivity index (χ0) is 28.3. The van der Waals surface area contributed by atoms with Crippen LogP contribution < -0.4 is 16.0 Å². The first kappa shape index (κ1) is 31.0. The third-order valence-electron chi connectivity index (χ3n) is 7.69. The number of nitrogens with one attached hydrogen (secondary N) is 3. The average Bonchev–Trinajstić information content (AvgIpc) is 2.93. The zero-order valence-electron chi connectivity index (χ0n) is 23.0. The number of halogens is 3. The number of alkyl carbamates (subject to hydrolysis) is 1. The van der Waals surface area contributed by atoms with Gasteiger partial charge >= 0.3 is 18.3 Å². The van der Waals surface area contributed by atoms with Crippen LogP contribution in [0.5, 0.6) is 0 Å². The second kappa shape index (κ2) is 15.3. The molecule has 1 aliphatic heterocycles. The molecule has 8 nitrogen and oxygen atoms in total. The van der Waals surface area contributed by atoms with E-state index in [-0.39, 0.29) is 31.1 Å². The molecular weight excluding hydrogens is 513 g/mol. The highest BCUT2D eigenvalue weighted by atomic mass is 19.4. The van der Waals surface area contributed by atoms with Gasteiger partial charge in [0.25, 0.3) is 0 Å². The highest BCUT2D eigenvalue weighted by molar-refractivity contribution is 5.74. The minimum Gasteiger partial charge on any atom is -0.453 e. The van der Waals surface area contributed by atoms with Crippen molar-refractivity contribution in [2.24, 2.45) is 11.8 Å². The number of likely N-dealkylation sites (N-methyl/N-ethyl adjacent to an activating group) is 1. The normalized spacial score (nSPS) is 20.2. The van der Waals surface area contributed by atoms with Crippen molar-refractivity contribution in [3.05, 3.63) is 35.4 Å². The molecule has 0 bridgehead atoms. The fourth-order valence-electron chi connectivity index (χ4n) is 5.78. The maximum absolute atomic E-state index is 13.5. The van der Waals surface area contributed by atoms with Gasteiger partial charge in [0.15, 0.2) is 0 Å². The van der Waals surface area contributed by atoms with Gasteiger partial charge in [-0.3, -0.25) is 0 Å². The van der Waals surface area contributed by atoms with Gasteiger partial charge in [0.2, 0.25) is 0 Å². The van der Waals surface area contributed by atoms with Crippen LogP contribution in [0.25, 0.3) is 0 Å². The van der Waals surface area contributed by atoms with Crippen molar-refractivity contribution >= 4 is 12.1 Å². The smallest absolute Gasteiger partial charge is 0.416 e. The lowest BCUT2D eigenvalue weighted by molar-refractivity contribution is -0.137. The first-order valence-electron chi connectivity index (χ1n) is 14.0. The van der Waals surface area contributed by atoms with E-state index < -0.39 is 23.9 Å². The highest BCUT2D eigenvalue weighted by Crippen LogP contribution is 2.36. The molecule has 220 valence electrons. The summed E-state index contributed by atoms with van der Waals surface area (Å²) in [5.41, 5.74) is -0.343. The Balaban J connectivity index is 1.69. The third kappa shape index (κ3) is 9.86. The van der Waals surface area contributed by atoms with Gasteiger partial charge in [-0.2, -0.15) is 13.2 Å². The molecule has 3 atom stereocenters. The number of rotatable bonds is 11. The van der Waals surface area contributed by atoms with Crippen LogP contribution in [-0.4, -0.2) is 70.0 Å². The molecule has 3 N–H and O–H groups in total. The predicted octanol–water partition coefficient (Wildman–Crippen LogP) is 5.10. The van der Waals surface area contributed by atoms with Crippen LogP contribution in [-0.2, 0) is 15.7 Å². The van der Waals surface area contributed by atoms with E-state index in [0.29, 0.717) is 37.5 Å². The third-order valence-corrected chi connectivity index (χ3v) is 7.69. The van der Waals surface area contributed by atoms with E-state index in [0.717, 1.165) is 25.0 Å². The molecule has 3 rings (SSSR count). The Labute approximate surface area is 229 Å². The summed E-state index contributed by atoms with van der Waals surface area (Å²) in [6, 6.07) is 5.03. The molecule has 11 heteroatoms. The molecule has 0 radical (unpaired) electrons. The SMILES string of the molecule is CNC[C@H](CC1CCCCC1)NC(=O)N1CCC[C@@H]([C@@H](OCCNC(=O)OC)c2cccc(C(F)(F)F)c2)C1. The molecule has 1 heterocycles. The standard InChI is InChI=1S/C28H43F3N4O4/c1-32-18-24(16-20-8-4-3-5-9-20)34-26(36)35-14-7-11-22(19-35)25(39-15-13-33-27(37)38-2)21-10-6-12-23(17-21)28(29,30)31/h6,10,12,17,20,22,24-25,32H,3-5,7-9,11,13-16,18-19H2,1-2H3,(H,33,37)(H,34,36)/t22-,24+,25+/m1/s1. The van der Waals surface area contributed by atoms with Gasteiger partial charge in [-0.15, -0.1) is 0 Å². The number of likely N-dealkylation sites (tertiary alicyclic amines) is 1. The van der Waals surface area contributed by atoms with Crippen molar-refractivity contribution in [1.82, 2.24) is 20.9 Å². The monoisotopic (exact) mass is 556 g/mol. The largest absolute Gasteiger partial charge is 0.453 e. The van der Waals surface area contributed by atoms with Crippen LogP contribution in [0.2, 0.25) is 0 Å². The van der Waals surface area contributed by atoms with Crippen LogP contribution in [0, 0.1) is 11.8 Å². The van der Waals surface area contributed by atoms with Gasteiger partial charge in [-0.05, 0) is 49.9 Å². The Morgan fingerprint density at radius 3 is 2.59 bits per heavy atom. The van der Waals surface area contributed by atoms with Crippen molar-refractivity contribution in [2.75, 3.05) is 46.9 Å². The first-order chi connectivity index (χ1) is 18.7. The number of ether oxygens (including phenoxy) is 2. The van der Waals surface area contributed by atoms with Crippen molar-refractivity contribution in [1.29, 1.82) is 0 Å². The quantitative estimate of drug-likeness (QED) is 0.330. The number of nitrogens with zero attached hydrogens (tertiary/aromatic N) is 1. The number of alkyl halides is 3. The Bertz CT molecular complexity index is 911. The number of amides is 3. The van der Waals surface area contributed by atoms with Gasteiger partial charge in [0, 0.05) is 38.1 Å². The van der Waals surface area contributed by atoms with Crippen LogP contribution in [0.4, 0.5) is 22.8 Å². The zero-order valence-corrected chi connectivity index (χ0v) is 23.0. The Kier molecular flexibility index (Phi) is 12.2. The van der Waals surface area contributed by atoms with Gasteiger partial charge in [-0.25, -0.2) is 9.59 Å². The Hall–Kier alpha value is -2.53. The van der Waals surface area contributed by atoms with Crippen LogP contribution in [0.1, 0.15) is 68.6 Å². The van der Waals surface area contributed by atoms with Crippen molar-refractivity contribution in [3.8, 4) is 0 Å². The van der Waals surface area contributed by atoms with E-state index in [2.05, 4.69) is 20.7 Å². The summed E-state index contributed by atoms with van der Waals surface area (Å²) in [6.45, 7) is 1.86. The van der Waals surface area contributed by atoms with Crippen molar-refractivity contribution < 1.29 is 32.2 Å². The molecule has 2 aliphatic rings. The summed E-state index contributed by atoms with van der Waals surface area (Å²) < 4.78 is 51.0. The maximum Gasteiger partial charge on any atom is 0.416 e. The average molecular weight is 557 g/mol. The molecule has 1 aromatic rings. The summed E-state index contributed by atoms with van der Waals surface area (Å²) >= 11 is 0. The second-order valence-electron chi connectivity index (χ2n) is 10.6. The van der Waals surface area contributed by atoms with E-state index in [4.69, 9.17) is 4.74 Å². The topological polar surface area (TPSA) is 91.9 Å². The molecule has 1 aromatic carbocycles. The molecule has 0 aromatic heterocycles. The lowest BCUT2D eigenvalue weighted by Crippen LogP contribution is -2.52. The van der Waals surface area contributed by atoms with Gasteiger partial charge in [0.05, 0.1) is 25.4 Å². The summed E-state index contributed by atoms with van der Waals surface area (Å²) in [5, 5.41) is 8.92. The number of carbonyl (C=O) groups excluding carboxylic acids is 2. The molecule has 39 heavy (non-hydrogen) atoms. The highest BCUT2D eigenvalue weighted by Gasteiger charge is 2.35. The molecule has 0 spiro atoms. The van der Waals surface area contributed by atoms with Crippen LogP contribution in [0.3, 0.4) is 0 Å². The number of hydrogen-bond donors (Lipinski definition) is 3. The molecule has 1 saturated carbocycles. The minimum atomic E-state index is -4.48. The Morgan fingerprint density at radius 1 is 1.13 bits per heavy atom. The lowest BCUT2D eigenvalue weighted by atomic mass is 9.85. The van der Waals surface area contributed by atoms with E-state index in [1.54, 1.807) is 11.0 Å². The maximum atomic E-state index is 13.5. The first-order valence-corrected chi connectivity index (χ1v) is 14.0. The second-order valence-corrected chi connectivity index (χ2v) is 10.6. The van der Waals surface area contributed by atoms with E-state index in [1.165, 1.54) is 45.3 Å². The van der Waals surface area contributed by atoms with E-state index >= 15 is 0 Å². The number of benzene rings is 1. The van der Waals surface area contributed by atoms with E-state index in [9.17, 15) is 22.8 Å². The predicted molar refractivity (Wildman–Crippen MR) is 142 cm³/mol.